The van der Waals surface area contributed by atoms with Gasteiger partial charge in [-0.2, -0.15) is 0 Å². The van der Waals surface area contributed by atoms with Crippen molar-refractivity contribution in [1.29, 1.82) is 0 Å². The van der Waals surface area contributed by atoms with E-state index in [2.05, 4.69) is 91.3 Å². The average Bonchev–Trinajstić information content (AvgIpc) is 2.55. The van der Waals surface area contributed by atoms with Crippen molar-refractivity contribution in [2.75, 3.05) is 0 Å². The Kier molecular flexibility index (Phi) is 3.93. The van der Waals surface area contributed by atoms with E-state index in [4.69, 9.17) is 0 Å². The van der Waals surface area contributed by atoms with Gasteiger partial charge in [0.2, 0.25) is 0 Å². The summed E-state index contributed by atoms with van der Waals surface area (Å²) in [5.41, 5.74) is 5.24. The molecule has 0 bridgehead atoms. The highest BCUT2D eigenvalue weighted by Gasteiger charge is 2.04. The maximum atomic E-state index is 2.28. The minimum atomic E-state index is 0.953. The lowest BCUT2D eigenvalue weighted by molar-refractivity contribution is 1.17. The normalized spacial score (nSPS) is 10.4. The highest BCUT2D eigenvalue weighted by atomic mass is 14.1. The molecule has 0 spiro atoms. The van der Waals surface area contributed by atoms with Crippen LogP contribution in [0.15, 0.2) is 84.9 Å². The monoisotopic (exact) mass is 257 g/mol. The van der Waals surface area contributed by atoms with Crippen LogP contribution in [0.25, 0.3) is 11.1 Å². The van der Waals surface area contributed by atoms with E-state index >= 15 is 0 Å². The van der Waals surface area contributed by atoms with Gasteiger partial charge in [-0.3, -0.25) is 0 Å². The second-order valence-corrected chi connectivity index (χ2v) is 4.84. The van der Waals surface area contributed by atoms with Crippen molar-refractivity contribution in [1.82, 2.24) is 0 Å². The molecule has 0 fully saturated rings. The summed E-state index contributed by atoms with van der Waals surface area (Å²) >= 11 is 0. The van der Waals surface area contributed by atoms with Crippen molar-refractivity contribution in [3.8, 4) is 11.1 Å². The summed E-state index contributed by atoms with van der Waals surface area (Å²) in [7, 11) is 0. The fourth-order valence-electron chi connectivity index (χ4n) is 2.41. The van der Waals surface area contributed by atoms with E-state index in [1.54, 1.807) is 0 Å². The molecule has 1 radical (unpaired) electrons. The van der Waals surface area contributed by atoms with Crippen LogP contribution in [0.4, 0.5) is 0 Å². The maximum absolute atomic E-state index is 2.28. The first-order valence-corrected chi connectivity index (χ1v) is 6.95. The molecule has 0 unspecified atom stereocenters. The van der Waals surface area contributed by atoms with Gasteiger partial charge in [0.05, 0.1) is 0 Å². The van der Waals surface area contributed by atoms with Crippen molar-refractivity contribution >= 4 is 0 Å². The maximum Gasteiger partial charge on any atom is -0.00492 e. The lowest BCUT2D eigenvalue weighted by Crippen LogP contribution is -1.92. The first-order chi connectivity index (χ1) is 9.93. The zero-order valence-corrected chi connectivity index (χ0v) is 11.4. The molecule has 0 heterocycles. The lowest BCUT2D eigenvalue weighted by Gasteiger charge is -2.09. The van der Waals surface area contributed by atoms with Gasteiger partial charge in [0, 0.05) is 0 Å². The highest BCUT2D eigenvalue weighted by Crippen LogP contribution is 2.24. The van der Waals surface area contributed by atoms with Gasteiger partial charge in [-0.25, -0.2) is 0 Å². The van der Waals surface area contributed by atoms with E-state index in [-0.39, 0.29) is 0 Å². The summed E-state index contributed by atoms with van der Waals surface area (Å²) in [5.74, 6) is 0. The third kappa shape index (κ3) is 2.97. The van der Waals surface area contributed by atoms with Crippen LogP contribution in [0.5, 0.6) is 0 Å². The van der Waals surface area contributed by atoms with Gasteiger partial charge < -0.3 is 0 Å². The Labute approximate surface area is 120 Å². The van der Waals surface area contributed by atoms with Crippen LogP contribution in [0, 0.1) is 6.42 Å². The van der Waals surface area contributed by atoms with E-state index in [9.17, 15) is 0 Å². The zero-order chi connectivity index (χ0) is 13.6. The van der Waals surface area contributed by atoms with Crippen LogP contribution in [0.3, 0.4) is 0 Å². The van der Waals surface area contributed by atoms with E-state index in [0.29, 0.717) is 0 Å². The summed E-state index contributed by atoms with van der Waals surface area (Å²) in [4.78, 5) is 0. The molecular weight excluding hydrogens is 240 g/mol. The second-order valence-electron chi connectivity index (χ2n) is 4.84. The Morgan fingerprint density at radius 3 is 1.95 bits per heavy atom. The van der Waals surface area contributed by atoms with Gasteiger partial charge in [0.15, 0.2) is 0 Å². The predicted octanol–water partition coefficient (Wildman–Crippen LogP) is 5.15. The van der Waals surface area contributed by atoms with Gasteiger partial charge in [-0.15, -0.1) is 0 Å². The van der Waals surface area contributed by atoms with Crippen molar-refractivity contribution in [2.45, 2.75) is 6.42 Å². The molecule has 3 aromatic rings. The molecule has 0 aliphatic heterocycles. The largest absolute Gasteiger partial charge is 0.0622 e. The minimum Gasteiger partial charge on any atom is -0.0622 e. The zero-order valence-electron chi connectivity index (χ0n) is 11.4. The Morgan fingerprint density at radius 1 is 0.600 bits per heavy atom. The Balaban J connectivity index is 1.84. The van der Waals surface area contributed by atoms with Crippen molar-refractivity contribution in [2.24, 2.45) is 0 Å². The highest BCUT2D eigenvalue weighted by molar-refractivity contribution is 5.67. The lowest BCUT2D eigenvalue weighted by atomic mass is 9.95. The molecule has 20 heavy (non-hydrogen) atoms. The van der Waals surface area contributed by atoms with Crippen LogP contribution < -0.4 is 0 Å². The Morgan fingerprint density at radius 2 is 1.20 bits per heavy atom. The summed E-state index contributed by atoms with van der Waals surface area (Å²) in [6.07, 6.45) is 3.23. The van der Waals surface area contributed by atoms with Crippen LogP contribution in [-0.2, 0) is 6.42 Å². The molecule has 0 N–H and O–H groups in total. The first kappa shape index (κ1) is 12.7. The molecule has 0 saturated carbocycles. The second kappa shape index (κ2) is 6.21. The van der Waals surface area contributed by atoms with E-state index in [1.807, 2.05) is 0 Å². The molecule has 97 valence electrons. The summed E-state index contributed by atoms with van der Waals surface area (Å²) in [5, 5.41) is 0. The fourth-order valence-corrected chi connectivity index (χ4v) is 2.41. The summed E-state index contributed by atoms with van der Waals surface area (Å²) in [6.45, 7) is 0. The van der Waals surface area contributed by atoms with Gasteiger partial charge in [-0.05, 0) is 35.1 Å². The van der Waals surface area contributed by atoms with E-state index < -0.39 is 0 Å². The molecule has 0 aliphatic rings. The predicted molar refractivity (Wildman–Crippen MR) is 85.4 cm³/mol. The standard InChI is InChI=1S/C20H17/c1-3-9-17(10-4-1)15-16-19-13-7-8-14-20(19)18-11-5-2-6-12-18/h1-15H,16H2. The van der Waals surface area contributed by atoms with Crippen molar-refractivity contribution < 1.29 is 0 Å². The number of rotatable bonds is 4. The molecule has 0 aliphatic carbocycles. The molecule has 0 amide bonds. The topological polar surface area (TPSA) is 0 Å². The quantitative estimate of drug-likeness (QED) is 0.606. The molecule has 3 aromatic carbocycles. The van der Waals surface area contributed by atoms with Crippen LogP contribution in [-0.4, -0.2) is 0 Å². The molecule has 3 rings (SSSR count). The number of benzene rings is 3. The van der Waals surface area contributed by atoms with E-state index in [1.165, 1.54) is 22.3 Å². The van der Waals surface area contributed by atoms with Crippen molar-refractivity contribution in [3.05, 3.63) is 102 Å². The van der Waals surface area contributed by atoms with E-state index in [0.717, 1.165) is 6.42 Å². The molecule has 0 aromatic heterocycles. The molecule has 0 nitrogen and oxygen atoms in total. The molecule has 0 saturated heterocycles. The number of hydrogen-bond acceptors (Lipinski definition) is 0. The summed E-state index contributed by atoms with van der Waals surface area (Å²) < 4.78 is 0. The van der Waals surface area contributed by atoms with Gasteiger partial charge >= 0.3 is 0 Å². The van der Waals surface area contributed by atoms with Gasteiger partial charge in [-0.1, -0.05) is 84.9 Å². The third-order valence-corrected chi connectivity index (χ3v) is 3.46. The molecule has 0 atom stereocenters. The Bertz CT molecular complexity index is 654. The molecular formula is C20H17. The van der Waals surface area contributed by atoms with Gasteiger partial charge in [0.25, 0.3) is 0 Å². The van der Waals surface area contributed by atoms with Crippen LogP contribution in [0.2, 0.25) is 0 Å². The fraction of sp³-hybridized carbons (Fsp3) is 0.0500. The molecule has 0 heteroatoms. The average molecular weight is 257 g/mol. The van der Waals surface area contributed by atoms with Crippen LogP contribution >= 0.6 is 0 Å². The summed E-state index contributed by atoms with van der Waals surface area (Å²) in [6, 6.07) is 29.7. The Hall–Kier alpha value is -2.34. The van der Waals surface area contributed by atoms with Gasteiger partial charge in [0.1, 0.15) is 0 Å². The first-order valence-electron chi connectivity index (χ1n) is 6.95. The van der Waals surface area contributed by atoms with Crippen LogP contribution in [0.1, 0.15) is 11.1 Å². The smallest absolute Gasteiger partial charge is 0.00492 e. The number of hydrogen-bond donors (Lipinski definition) is 0. The van der Waals surface area contributed by atoms with Crippen molar-refractivity contribution in [3.63, 3.8) is 0 Å². The SMILES string of the molecule is [CH](Cc1ccccc1-c1ccccc1)c1ccccc1. The third-order valence-electron chi connectivity index (χ3n) is 3.46. The minimum absolute atomic E-state index is 0.953.